The van der Waals surface area contributed by atoms with Gasteiger partial charge in [0.1, 0.15) is 0 Å². The van der Waals surface area contributed by atoms with E-state index in [9.17, 15) is 8.42 Å². The van der Waals surface area contributed by atoms with Crippen molar-refractivity contribution in [3.8, 4) is 0 Å². The Bertz CT molecular complexity index is 167. The van der Waals surface area contributed by atoms with E-state index in [-0.39, 0.29) is 35.3 Å². The predicted octanol–water partition coefficient (Wildman–Crippen LogP) is 0.207. The number of hydrogen-bond acceptors (Lipinski definition) is 2. The average molecular weight is 189 g/mol. The first-order valence-corrected chi connectivity index (χ1v) is 5.28. The van der Waals surface area contributed by atoms with Crippen molar-refractivity contribution in [1.29, 1.82) is 0 Å². The van der Waals surface area contributed by atoms with Gasteiger partial charge >= 0.3 is 29.6 Å². The topological polar surface area (TPSA) is 60.2 Å². The van der Waals surface area contributed by atoms with Crippen molar-refractivity contribution in [2.45, 2.75) is 32.6 Å². The first kappa shape index (κ1) is 14.4. The molecule has 0 aromatic rings. The van der Waals surface area contributed by atoms with E-state index in [1.54, 1.807) is 0 Å². The molecule has 0 aliphatic heterocycles. The second kappa shape index (κ2) is 7.55. The Kier molecular flexibility index (Phi) is 9.91. The molecular weight excluding hydrogens is 173 g/mol. The van der Waals surface area contributed by atoms with Crippen LogP contribution in [0.3, 0.4) is 0 Å². The average Bonchev–Trinajstić information content (AvgIpc) is 1.78. The standard InChI is InChI=1S/C6H15NO2S.Na.H/c1-2-3-4-5-6-10(7,8)9;;/h2-6H2,1H3,(H2,7,8,9);;. The van der Waals surface area contributed by atoms with Crippen molar-refractivity contribution in [3.63, 3.8) is 0 Å². The van der Waals surface area contributed by atoms with Crippen LogP contribution in [0.2, 0.25) is 0 Å². The molecule has 0 atom stereocenters. The van der Waals surface area contributed by atoms with Crippen LogP contribution in [-0.4, -0.2) is 43.7 Å². The fourth-order valence-electron chi connectivity index (χ4n) is 0.730. The Balaban J connectivity index is 0. The summed E-state index contributed by atoms with van der Waals surface area (Å²) < 4.78 is 20.7. The summed E-state index contributed by atoms with van der Waals surface area (Å²) in [6, 6.07) is 0. The zero-order valence-corrected chi connectivity index (χ0v) is 7.15. The van der Waals surface area contributed by atoms with Gasteiger partial charge in [0.15, 0.2) is 0 Å². The van der Waals surface area contributed by atoms with E-state index in [0.717, 1.165) is 19.3 Å². The van der Waals surface area contributed by atoms with Gasteiger partial charge in [-0.15, -0.1) is 0 Å². The Hall–Kier alpha value is 0.910. The molecular formula is C6H16NNaO2S. The molecule has 3 nitrogen and oxygen atoms in total. The zero-order valence-electron chi connectivity index (χ0n) is 6.34. The van der Waals surface area contributed by atoms with Crippen LogP contribution in [0.5, 0.6) is 0 Å². The summed E-state index contributed by atoms with van der Waals surface area (Å²) in [6.07, 6.45) is 3.87. The molecule has 64 valence electrons. The van der Waals surface area contributed by atoms with Gasteiger partial charge in [0.05, 0.1) is 5.75 Å². The van der Waals surface area contributed by atoms with Gasteiger partial charge in [-0.25, -0.2) is 13.6 Å². The third-order valence-electron chi connectivity index (χ3n) is 1.28. The molecule has 0 aromatic heterocycles. The van der Waals surface area contributed by atoms with Crippen LogP contribution < -0.4 is 5.14 Å². The zero-order chi connectivity index (χ0) is 8.04. The minimum atomic E-state index is -3.20. The summed E-state index contributed by atoms with van der Waals surface area (Å²) in [5.41, 5.74) is 0. The summed E-state index contributed by atoms with van der Waals surface area (Å²) in [6.45, 7) is 2.08. The summed E-state index contributed by atoms with van der Waals surface area (Å²) >= 11 is 0. The molecule has 0 aromatic carbocycles. The number of unbranched alkanes of at least 4 members (excludes halogenated alkanes) is 3. The number of sulfonamides is 1. The van der Waals surface area contributed by atoms with Gasteiger partial charge in [0.2, 0.25) is 10.0 Å². The van der Waals surface area contributed by atoms with E-state index in [1.807, 2.05) is 0 Å². The monoisotopic (exact) mass is 189 g/mol. The third kappa shape index (κ3) is 13.8. The van der Waals surface area contributed by atoms with Gasteiger partial charge in [0, 0.05) is 0 Å². The number of hydrogen-bond donors (Lipinski definition) is 1. The van der Waals surface area contributed by atoms with Crippen molar-refractivity contribution in [2.75, 3.05) is 5.75 Å². The van der Waals surface area contributed by atoms with Crippen molar-refractivity contribution >= 4 is 39.6 Å². The van der Waals surface area contributed by atoms with E-state index in [4.69, 9.17) is 5.14 Å². The van der Waals surface area contributed by atoms with Crippen LogP contribution in [0.1, 0.15) is 32.6 Å². The van der Waals surface area contributed by atoms with Gasteiger partial charge < -0.3 is 0 Å². The minimum absolute atomic E-state index is 0. The maximum atomic E-state index is 10.4. The van der Waals surface area contributed by atoms with Crippen molar-refractivity contribution < 1.29 is 8.42 Å². The Labute approximate surface area is 91.1 Å². The molecule has 0 fully saturated rings. The molecule has 0 unspecified atom stereocenters. The van der Waals surface area contributed by atoms with Crippen LogP contribution in [-0.2, 0) is 10.0 Å². The quantitative estimate of drug-likeness (QED) is 0.496. The van der Waals surface area contributed by atoms with E-state index in [1.165, 1.54) is 0 Å². The molecule has 0 saturated heterocycles. The fourth-order valence-corrected chi connectivity index (χ4v) is 1.34. The molecule has 0 spiro atoms. The van der Waals surface area contributed by atoms with Crippen molar-refractivity contribution in [2.24, 2.45) is 5.14 Å². The summed E-state index contributed by atoms with van der Waals surface area (Å²) in [4.78, 5) is 0. The van der Waals surface area contributed by atoms with Crippen LogP contribution in [0.4, 0.5) is 0 Å². The van der Waals surface area contributed by atoms with Gasteiger partial charge in [-0.3, -0.25) is 0 Å². The summed E-state index contributed by atoms with van der Waals surface area (Å²) in [5.74, 6) is 0.132. The number of nitrogens with two attached hydrogens (primary N) is 1. The second-order valence-corrected chi connectivity index (χ2v) is 4.16. The van der Waals surface area contributed by atoms with Crippen LogP contribution in [0.15, 0.2) is 0 Å². The molecule has 0 aliphatic carbocycles. The fraction of sp³-hybridized carbons (Fsp3) is 1.00. The molecule has 5 heteroatoms. The number of primary sulfonamides is 1. The van der Waals surface area contributed by atoms with Crippen molar-refractivity contribution in [1.82, 2.24) is 0 Å². The molecule has 0 heterocycles. The van der Waals surface area contributed by atoms with Crippen LogP contribution >= 0.6 is 0 Å². The first-order chi connectivity index (χ1) is 4.56. The van der Waals surface area contributed by atoms with Gasteiger partial charge in [-0.2, -0.15) is 0 Å². The molecule has 0 rings (SSSR count). The summed E-state index contributed by atoms with van der Waals surface area (Å²) in [5, 5.41) is 4.79. The van der Waals surface area contributed by atoms with Gasteiger partial charge in [-0.05, 0) is 6.42 Å². The van der Waals surface area contributed by atoms with Crippen LogP contribution in [0.25, 0.3) is 0 Å². The predicted molar refractivity (Wildman–Crippen MR) is 49.3 cm³/mol. The Morgan fingerprint density at radius 1 is 1.18 bits per heavy atom. The Morgan fingerprint density at radius 3 is 2.09 bits per heavy atom. The van der Waals surface area contributed by atoms with Gasteiger partial charge in [0.25, 0.3) is 0 Å². The molecule has 0 aliphatic rings. The van der Waals surface area contributed by atoms with E-state index < -0.39 is 10.0 Å². The molecule has 0 bridgehead atoms. The molecule has 0 saturated carbocycles. The Morgan fingerprint density at radius 2 is 1.73 bits per heavy atom. The first-order valence-electron chi connectivity index (χ1n) is 3.56. The normalized spacial score (nSPS) is 10.7. The molecule has 11 heavy (non-hydrogen) atoms. The second-order valence-electron chi connectivity index (χ2n) is 2.43. The molecule has 0 radical (unpaired) electrons. The van der Waals surface area contributed by atoms with E-state index in [2.05, 4.69) is 6.92 Å². The van der Waals surface area contributed by atoms with Gasteiger partial charge in [-0.1, -0.05) is 26.2 Å². The number of rotatable bonds is 5. The third-order valence-corrected chi connectivity index (χ3v) is 2.14. The van der Waals surface area contributed by atoms with E-state index >= 15 is 0 Å². The molecule has 2 N–H and O–H groups in total. The molecule has 0 amide bonds. The SMILES string of the molecule is CCCCCCS(N)(=O)=O.[NaH]. The maximum absolute atomic E-state index is 10.4. The summed E-state index contributed by atoms with van der Waals surface area (Å²) in [7, 11) is -3.20. The van der Waals surface area contributed by atoms with E-state index in [0.29, 0.717) is 6.42 Å². The van der Waals surface area contributed by atoms with Crippen LogP contribution in [0, 0.1) is 0 Å². The van der Waals surface area contributed by atoms with Crippen molar-refractivity contribution in [3.05, 3.63) is 0 Å².